The number of hydrogen-bond acceptors (Lipinski definition) is 5. The lowest BCUT2D eigenvalue weighted by atomic mass is 10.2. The molecule has 0 radical (unpaired) electrons. The van der Waals surface area contributed by atoms with E-state index >= 15 is 0 Å². The van der Waals surface area contributed by atoms with Gasteiger partial charge in [0, 0.05) is 19.1 Å². The van der Waals surface area contributed by atoms with Crippen molar-refractivity contribution in [2.75, 3.05) is 18.4 Å². The fourth-order valence-corrected chi connectivity index (χ4v) is 2.48. The van der Waals surface area contributed by atoms with Crippen LogP contribution in [0.3, 0.4) is 0 Å². The maximum Gasteiger partial charge on any atom is 0.330 e. The molecule has 1 atom stereocenters. The monoisotopic (exact) mass is 308 g/mol. The lowest BCUT2D eigenvalue weighted by Crippen LogP contribution is -2.32. The lowest BCUT2D eigenvalue weighted by molar-refractivity contribution is 0.517. The fourth-order valence-electron chi connectivity index (χ4n) is 2.48. The van der Waals surface area contributed by atoms with E-state index in [1.165, 1.54) is 0 Å². The number of nitrogens with one attached hydrogen (secondary N) is 2. The van der Waals surface area contributed by atoms with Gasteiger partial charge in [0.05, 0.1) is 0 Å². The summed E-state index contributed by atoms with van der Waals surface area (Å²) in [6.07, 6.45) is 1.58. The molecule has 2 aromatic heterocycles. The second-order valence-corrected chi connectivity index (χ2v) is 5.31. The third-order valence-corrected chi connectivity index (χ3v) is 3.84. The first-order valence-corrected chi connectivity index (χ1v) is 7.74. The fraction of sp³-hybridized carbons (Fsp3) is 0.643. The van der Waals surface area contributed by atoms with Gasteiger partial charge in [-0.2, -0.15) is 4.98 Å². The number of nitrogens with two attached hydrogens (primary N) is 1. The molecule has 122 valence electrons. The number of anilines is 1. The van der Waals surface area contributed by atoms with Gasteiger partial charge >= 0.3 is 5.69 Å². The van der Waals surface area contributed by atoms with Crippen molar-refractivity contribution in [3.8, 4) is 0 Å². The third kappa shape index (κ3) is 2.78. The summed E-state index contributed by atoms with van der Waals surface area (Å²) in [5, 5.41) is 3.19. The van der Waals surface area contributed by atoms with Crippen LogP contribution in [0.15, 0.2) is 9.59 Å². The topological polar surface area (TPSA) is 111 Å². The van der Waals surface area contributed by atoms with Gasteiger partial charge in [-0.05, 0) is 33.2 Å². The van der Waals surface area contributed by atoms with Gasteiger partial charge in [0.25, 0.3) is 5.56 Å². The standard InChI is InChI=1S/C14H24N6O2/c1-4-9(3)20-11-10(12(21)18-14(20)22)19(5-2)13(17-11)16-8-6-7-15/h9H,4-8,15H2,1-3H3,(H,16,17)(H,18,21,22). The molecule has 8 heteroatoms. The third-order valence-electron chi connectivity index (χ3n) is 3.84. The summed E-state index contributed by atoms with van der Waals surface area (Å²) in [6, 6.07) is -0.0380. The Morgan fingerprint density at radius 2 is 2.09 bits per heavy atom. The Labute approximate surface area is 128 Å². The molecule has 0 aliphatic heterocycles. The Morgan fingerprint density at radius 1 is 1.36 bits per heavy atom. The van der Waals surface area contributed by atoms with Gasteiger partial charge in [-0.1, -0.05) is 6.92 Å². The van der Waals surface area contributed by atoms with Gasteiger partial charge in [-0.3, -0.25) is 14.3 Å². The van der Waals surface area contributed by atoms with Crippen molar-refractivity contribution in [3.63, 3.8) is 0 Å². The highest BCUT2D eigenvalue weighted by Crippen LogP contribution is 2.19. The minimum absolute atomic E-state index is 0.0380. The Kier molecular flexibility index (Phi) is 5.02. The number of nitrogens with zero attached hydrogens (tertiary/aromatic N) is 3. The summed E-state index contributed by atoms with van der Waals surface area (Å²) < 4.78 is 3.35. The van der Waals surface area contributed by atoms with Crippen molar-refractivity contribution < 1.29 is 0 Å². The van der Waals surface area contributed by atoms with Crippen molar-refractivity contribution in [3.05, 3.63) is 20.8 Å². The molecule has 0 fully saturated rings. The van der Waals surface area contributed by atoms with E-state index in [9.17, 15) is 9.59 Å². The number of aromatic amines is 1. The van der Waals surface area contributed by atoms with Crippen LogP contribution >= 0.6 is 0 Å². The molecule has 0 aliphatic carbocycles. The number of hydrogen-bond donors (Lipinski definition) is 3. The Morgan fingerprint density at radius 3 is 2.68 bits per heavy atom. The minimum atomic E-state index is -0.416. The molecule has 4 N–H and O–H groups in total. The molecule has 2 aromatic rings. The molecule has 8 nitrogen and oxygen atoms in total. The number of H-pyrrole nitrogens is 1. The zero-order valence-corrected chi connectivity index (χ0v) is 13.3. The molecular weight excluding hydrogens is 284 g/mol. The Balaban J connectivity index is 2.68. The van der Waals surface area contributed by atoms with Gasteiger partial charge in [0.2, 0.25) is 5.95 Å². The van der Waals surface area contributed by atoms with Crippen LogP contribution < -0.4 is 22.3 Å². The average Bonchev–Trinajstić information content (AvgIpc) is 2.85. The summed E-state index contributed by atoms with van der Waals surface area (Å²) in [6.45, 7) is 7.70. The van der Waals surface area contributed by atoms with Crippen molar-refractivity contribution in [1.29, 1.82) is 0 Å². The summed E-state index contributed by atoms with van der Waals surface area (Å²) in [5.41, 5.74) is 5.54. The van der Waals surface area contributed by atoms with Crippen LogP contribution in [0.4, 0.5) is 5.95 Å². The smallest absolute Gasteiger partial charge is 0.330 e. The second kappa shape index (κ2) is 6.78. The van der Waals surface area contributed by atoms with Crippen LogP contribution in [-0.2, 0) is 6.54 Å². The van der Waals surface area contributed by atoms with Gasteiger partial charge in [0.15, 0.2) is 11.2 Å². The van der Waals surface area contributed by atoms with E-state index in [0.717, 1.165) is 12.8 Å². The van der Waals surface area contributed by atoms with Crippen molar-refractivity contribution in [2.24, 2.45) is 5.73 Å². The average molecular weight is 308 g/mol. The van der Waals surface area contributed by atoms with Gasteiger partial charge < -0.3 is 15.6 Å². The quantitative estimate of drug-likeness (QED) is 0.650. The second-order valence-electron chi connectivity index (χ2n) is 5.31. The SMILES string of the molecule is CCC(C)n1c(=O)[nH]c(=O)c2c1nc(NCCCN)n2CC. The van der Waals surface area contributed by atoms with E-state index < -0.39 is 11.2 Å². The highest BCUT2D eigenvalue weighted by molar-refractivity contribution is 5.74. The van der Waals surface area contributed by atoms with Crippen LogP contribution in [0.1, 0.15) is 39.7 Å². The molecule has 0 saturated heterocycles. The largest absolute Gasteiger partial charge is 0.356 e. The molecule has 0 saturated carbocycles. The lowest BCUT2D eigenvalue weighted by Gasteiger charge is -2.12. The van der Waals surface area contributed by atoms with E-state index in [-0.39, 0.29) is 6.04 Å². The zero-order valence-electron chi connectivity index (χ0n) is 13.3. The first-order chi connectivity index (χ1) is 10.5. The molecule has 0 spiro atoms. The van der Waals surface area contributed by atoms with E-state index in [0.29, 0.717) is 36.7 Å². The van der Waals surface area contributed by atoms with Crippen LogP contribution in [-0.4, -0.2) is 32.2 Å². The molecular formula is C14H24N6O2. The van der Waals surface area contributed by atoms with E-state index in [2.05, 4.69) is 15.3 Å². The number of rotatable bonds is 7. The van der Waals surface area contributed by atoms with Crippen LogP contribution in [0.2, 0.25) is 0 Å². The molecule has 0 bridgehead atoms. The van der Waals surface area contributed by atoms with E-state index in [1.807, 2.05) is 20.8 Å². The normalized spacial score (nSPS) is 12.7. The summed E-state index contributed by atoms with van der Waals surface area (Å²) >= 11 is 0. The Hall–Kier alpha value is -2.09. The van der Waals surface area contributed by atoms with Crippen molar-refractivity contribution >= 4 is 17.1 Å². The number of fused-ring (bicyclic) bond motifs is 1. The predicted octanol–water partition coefficient (Wildman–Crippen LogP) is 0.638. The number of imidazole rings is 1. The van der Waals surface area contributed by atoms with Gasteiger partial charge in [-0.25, -0.2) is 4.79 Å². The summed E-state index contributed by atoms with van der Waals surface area (Å²) in [7, 11) is 0. The summed E-state index contributed by atoms with van der Waals surface area (Å²) in [5.74, 6) is 0.596. The van der Waals surface area contributed by atoms with Crippen molar-refractivity contribution in [2.45, 2.75) is 46.2 Å². The number of aryl methyl sites for hydroxylation is 1. The number of aromatic nitrogens is 4. The predicted molar refractivity (Wildman–Crippen MR) is 87.5 cm³/mol. The molecule has 1 unspecified atom stereocenters. The van der Waals surface area contributed by atoms with Crippen LogP contribution in [0.25, 0.3) is 11.2 Å². The first kappa shape index (κ1) is 16.3. The molecule has 0 aliphatic rings. The van der Waals surface area contributed by atoms with Gasteiger partial charge in [-0.15, -0.1) is 0 Å². The molecule has 2 rings (SSSR count). The first-order valence-electron chi connectivity index (χ1n) is 7.74. The molecule has 22 heavy (non-hydrogen) atoms. The van der Waals surface area contributed by atoms with Crippen LogP contribution in [0, 0.1) is 0 Å². The van der Waals surface area contributed by atoms with Crippen molar-refractivity contribution in [1.82, 2.24) is 19.1 Å². The molecule has 0 aromatic carbocycles. The minimum Gasteiger partial charge on any atom is -0.356 e. The zero-order chi connectivity index (χ0) is 16.3. The molecule has 0 amide bonds. The maximum absolute atomic E-state index is 12.2. The van der Waals surface area contributed by atoms with E-state index in [4.69, 9.17) is 5.73 Å². The van der Waals surface area contributed by atoms with E-state index in [1.54, 1.807) is 9.13 Å². The summed E-state index contributed by atoms with van der Waals surface area (Å²) in [4.78, 5) is 31.2. The van der Waals surface area contributed by atoms with Gasteiger partial charge in [0.1, 0.15) is 0 Å². The van der Waals surface area contributed by atoms with Crippen LogP contribution in [0.5, 0.6) is 0 Å². The molecule has 2 heterocycles. The Bertz CT molecular complexity index is 757. The maximum atomic E-state index is 12.2. The highest BCUT2D eigenvalue weighted by Gasteiger charge is 2.19. The highest BCUT2D eigenvalue weighted by atomic mass is 16.2.